The van der Waals surface area contributed by atoms with Crippen molar-refractivity contribution in [2.24, 2.45) is 0 Å². The number of ketones is 1. The Morgan fingerprint density at radius 1 is 1.07 bits per heavy atom. The lowest BCUT2D eigenvalue weighted by molar-refractivity contribution is 0.104. The summed E-state index contributed by atoms with van der Waals surface area (Å²) in [5.74, 6) is 1.62. The van der Waals surface area contributed by atoms with E-state index in [0.29, 0.717) is 12.2 Å². The van der Waals surface area contributed by atoms with Gasteiger partial charge in [0.2, 0.25) is 0 Å². The van der Waals surface area contributed by atoms with E-state index >= 15 is 0 Å². The van der Waals surface area contributed by atoms with Crippen molar-refractivity contribution >= 4 is 11.9 Å². The molecule has 4 heteroatoms. The lowest BCUT2D eigenvalue weighted by atomic mass is 10.0. The molecule has 0 N–H and O–H groups in total. The van der Waals surface area contributed by atoms with Crippen LogP contribution in [-0.2, 0) is 0 Å². The summed E-state index contributed by atoms with van der Waals surface area (Å²) in [6.45, 7) is 8.00. The molecule has 0 saturated carbocycles. The fourth-order valence-corrected chi connectivity index (χ4v) is 3.85. The SMILES string of the molecule is COc1ccccc1C=CC(=O)c1cc(C)c(OCCN2CCCCC2)c(C)c1. The third kappa shape index (κ3) is 5.70. The van der Waals surface area contributed by atoms with Crippen LogP contribution in [0, 0.1) is 13.8 Å². The van der Waals surface area contributed by atoms with Gasteiger partial charge in [0.15, 0.2) is 5.78 Å². The molecular weight excluding hydrogens is 362 g/mol. The highest BCUT2D eigenvalue weighted by atomic mass is 16.5. The third-order valence-electron chi connectivity index (χ3n) is 5.40. The van der Waals surface area contributed by atoms with Gasteiger partial charge >= 0.3 is 0 Å². The lowest BCUT2D eigenvalue weighted by Gasteiger charge is -2.26. The largest absolute Gasteiger partial charge is 0.496 e. The molecular formula is C25H31NO3. The van der Waals surface area contributed by atoms with Crippen LogP contribution in [0.4, 0.5) is 0 Å². The van der Waals surface area contributed by atoms with Crippen molar-refractivity contribution in [1.29, 1.82) is 0 Å². The first-order valence-electron chi connectivity index (χ1n) is 10.4. The molecule has 1 saturated heterocycles. The normalized spacial score (nSPS) is 14.9. The van der Waals surface area contributed by atoms with E-state index in [2.05, 4.69) is 4.90 Å². The number of rotatable bonds is 8. The van der Waals surface area contributed by atoms with Crippen molar-refractivity contribution < 1.29 is 14.3 Å². The fraction of sp³-hybridized carbons (Fsp3) is 0.400. The second-order valence-corrected chi connectivity index (χ2v) is 7.63. The van der Waals surface area contributed by atoms with Crippen LogP contribution in [0.2, 0.25) is 0 Å². The maximum Gasteiger partial charge on any atom is 0.185 e. The van der Waals surface area contributed by atoms with E-state index in [1.165, 1.54) is 32.4 Å². The first kappa shape index (κ1) is 21.1. The number of piperidine rings is 1. The number of methoxy groups -OCH3 is 1. The molecule has 4 nitrogen and oxygen atoms in total. The molecule has 0 bridgehead atoms. The molecule has 0 unspecified atom stereocenters. The number of carbonyl (C=O) groups excluding carboxylic acids is 1. The van der Waals surface area contributed by atoms with Gasteiger partial charge in [0, 0.05) is 17.7 Å². The summed E-state index contributed by atoms with van der Waals surface area (Å²) in [7, 11) is 1.63. The summed E-state index contributed by atoms with van der Waals surface area (Å²) in [5, 5.41) is 0. The van der Waals surface area contributed by atoms with Crippen LogP contribution >= 0.6 is 0 Å². The zero-order chi connectivity index (χ0) is 20.6. The van der Waals surface area contributed by atoms with Gasteiger partial charge in [-0.3, -0.25) is 9.69 Å². The average Bonchev–Trinajstić information content (AvgIpc) is 2.74. The number of hydrogen-bond acceptors (Lipinski definition) is 4. The van der Waals surface area contributed by atoms with Gasteiger partial charge in [0.05, 0.1) is 7.11 Å². The predicted octanol–water partition coefficient (Wildman–Crippen LogP) is 5.07. The van der Waals surface area contributed by atoms with Crippen molar-refractivity contribution in [2.45, 2.75) is 33.1 Å². The van der Waals surface area contributed by atoms with Gasteiger partial charge in [0.1, 0.15) is 18.1 Å². The number of hydrogen-bond donors (Lipinski definition) is 0. The number of benzene rings is 2. The summed E-state index contributed by atoms with van der Waals surface area (Å²) in [5.41, 5.74) is 3.55. The van der Waals surface area contributed by atoms with Crippen LogP contribution in [0.3, 0.4) is 0 Å². The molecule has 1 fully saturated rings. The second-order valence-electron chi connectivity index (χ2n) is 7.63. The first-order valence-corrected chi connectivity index (χ1v) is 10.4. The monoisotopic (exact) mass is 393 g/mol. The fourth-order valence-electron chi connectivity index (χ4n) is 3.85. The lowest BCUT2D eigenvalue weighted by Crippen LogP contribution is -2.33. The average molecular weight is 394 g/mol. The molecule has 0 spiro atoms. The highest BCUT2D eigenvalue weighted by Gasteiger charge is 2.13. The number of allylic oxidation sites excluding steroid dienone is 1. The van der Waals surface area contributed by atoms with Gasteiger partial charge < -0.3 is 9.47 Å². The summed E-state index contributed by atoms with van der Waals surface area (Å²) in [6.07, 6.45) is 7.32. The van der Waals surface area contributed by atoms with Crippen LogP contribution in [0.1, 0.15) is 46.3 Å². The minimum Gasteiger partial charge on any atom is -0.496 e. The Bertz CT molecular complexity index is 843. The van der Waals surface area contributed by atoms with Crippen molar-refractivity contribution in [1.82, 2.24) is 4.90 Å². The Labute approximate surface area is 174 Å². The van der Waals surface area contributed by atoms with E-state index in [4.69, 9.17) is 9.47 Å². The maximum atomic E-state index is 12.7. The molecule has 0 aliphatic carbocycles. The number of nitrogens with zero attached hydrogens (tertiary/aromatic N) is 1. The number of carbonyl (C=O) groups is 1. The molecule has 29 heavy (non-hydrogen) atoms. The van der Waals surface area contributed by atoms with Gasteiger partial charge in [0.25, 0.3) is 0 Å². The quantitative estimate of drug-likeness (QED) is 0.463. The Hall–Kier alpha value is -2.59. The molecule has 154 valence electrons. The molecule has 0 aromatic heterocycles. The number of likely N-dealkylation sites (tertiary alicyclic amines) is 1. The molecule has 2 aromatic carbocycles. The summed E-state index contributed by atoms with van der Waals surface area (Å²) in [4.78, 5) is 15.1. The molecule has 1 aliphatic heterocycles. The van der Waals surface area contributed by atoms with E-state index in [1.807, 2.05) is 50.2 Å². The molecule has 2 aromatic rings. The maximum absolute atomic E-state index is 12.7. The zero-order valence-electron chi connectivity index (χ0n) is 17.7. The summed E-state index contributed by atoms with van der Waals surface area (Å²) >= 11 is 0. The highest BCUT2D eigenvalue weighted by Crippen LogP contribution is 2.26. The topological polar surface area (TPSA) is 38.8 Å². The Morgan fingerprint density at radius 3 is 2.45 bits per heavy atom. The van der Waals surface area contributed by atoms with Gasteiger partial charge in [-0.25, -0.2) is 0 Å². The second kappa shape index (κ2) is 10.3. The Morgan fingerprint density at radius 2 is 1.76 bits per heavy atom. The van der Waals surface area contributed by atoms with Crippen molar-refractivity contribution in [3.63, 3.8) is 0 Å². The molecule has 1 aliphatic rings. The van der Waals surface area contributed by atoms with E-state index in [1.54, 1.807) is 19.3 Å². The third-order valence-corrected chi connectivity index (χ3v) is 5.40. The van der Waals surface area contributed by atoms with Crippen molar-refractivity contribution in [2.75, 3.05) is 33.4 Å². The smallest absolute Gasteiger partial charge is 0.185 e. The van der Waals surface area contributed by atoms with E-state index in [0.717, 1.165) is 34.7 Å². The number of para-hydroxylation sites is 1. The summed E-state index contributed by atoms with van der Waals surface area (Å²) in [6, 6.07) is 11.5. The molecule has 3 rings (SSSR count). The number of ether oxygens (including phenoxy) is 2. The highest BCUT2D eigenvalue weighted by molar-refractivity contribution is 6.07. The van der Waals surface area contributed by atoms with Gasteiger partial charge in [-0.2, -0.15) is 0 Å². The molecule has 1 heterocycles. The van der Waals surface area contributed by atoms with Crippen LogP contribution < -0.4 is 9.47 Å². The van der Waals surface area contributed by atoms with Crippen LogP contribution in [0.5, 0.6) is 11.5 Å². The van der Waals surface area contributed by atoms with Gasteiger partial charge in [-0.1, -0.05) is 24.6 Å². The first-order chi connectivity index (χ1) is 14.1. The minimum atomic E-state index is -0.0260. The Kier molecular flexibility index (Phi) is 7.48. The molecule has 0 atom stereocenters. The van der Waals surface area contributed by atoms with Gasteiger partial charge in [-0.05, 0) is 81.3 Å². The van der Waals surface area contributed by atoms with Crippen molar-refractivity contribution in [3.8, 4) is 11.5 Å². The molecule has 0 radical (unpaired) electrons. The van der Waals surface area contributed by atoms with Gasteiger partial charge in [-0.15, -0.1) is 0 Å². The summed E-state index contributed by atoms with van der Waals surface area (Å²) < 4.78 is 11.4. The van der Waals surface area contributed by atoms with E-state index in [-0.39, 0.29) is 5.78 Å². The van der Waals surface area contributed by atoms with Crippen LogP contribution in [0.25, 0.3) is 6.08 Å². The van der Waals surface area contributed by atoms with E-state index in [9.17, 15) is 4.79 Å². The minimum absolute atomic E-state index is 0.0260. The van der Waals surface area contributed by atoms with Crippen molar-refractivity contribution in [3.05, 3.63) is 64.7 Å². The van der Waals surface area contributed by atoms with Crippen LogP contribution in [-0.4, -0.2) is 44.0 Å². The predicted molar refractivity (Wildman–Crippen MR) is 118 cm³/mol. The number of aryl methyl sites for hydroxylation is 2. The van der Waals surface area contributed by atoms with E-state index < -0.39 is 0 Å². The zero-order valence-corrected chi connectivity index (χ0v) is 17.7. The van der Waals surface area contributed by atoms with Crippen LogP contribution in [0.15, 0.2) is 42.5 Å². The Balaban J connectivity index is 1.64. The molecule has 0 amide bonds. The standard InChI is InChI=1S/C25H31NO3/c1-19-17-22(23(27)12-11-21-9-5-6-10-24(21)28-3)18-20(2)25(19)29-16-15-26-13-7-4-8-14-26/h5-6,9-12,17-18H,4,7-8,13-16H2,1-3H3.